The molecule has 1 aromatic rings. The van der Waals surface area contributed by atoms with Crippen molar-refractivity contribution in [3.05, 3.63) is 0 Å². The second-order valence-corrected chi connectivity index (χ2v) is 8.11. The van der Waals surface area contributed by atoms with Crippen molar-refractivity contribution in [3.63, 3.8) is 0 Å². The SMILES string of the molecule is CC1CN(c2snc(N)c2S(=O)(=O)N(C)C)CCN1C. The Morgan fingerprint density at radius 1 is 1.40 bits per heavy atom. The Kier molecular flexibility index (Phi) is 4.24. The summed E-state index contributed by atoms with van der Waals surface area (Å²) >= 11 is 1.16. The normalized spacial score (nSPS) is 21.6. The van der Waals surface area contributed by atoms with Crippen LogP contribution in [0.25, 0.3) is 0 Å². The van der Waals surface area contributed by atoms with Crippen LogP contribution in [0.4, 0.5) is 10.8 Å². The molecule has 0 aliphatic carbocycles. The predicted molar refractivity (Wildman–Crippen MR) is 81.7 cm³/mol. The summed E-state index contributed by atoms with van der Waals surface area (Å²) in [6, 6.07) is 0.363. The number of sulfonamides is 1. The van der Waals surface area contributed by atoms with Gasteiger partial charge in [0.05, 0.1) is 0 Å². The van der Waals surface area contributed by atoms with Gasteiger partial charge in [-0.3, -0.25) is 0 Å². The average molecular weight is 319 g/mol. The largest absolute Gasteiger partial charge is 0.382 e. The van der Waals surface area contributed by atoms with E-state index in [1.165, 1.54) is 18.4 Å². The second-order valence-electron chi connectivity index (χ2n) is 5.27. The number of rotatable bonds is 3. The van der Waals surface area contributed by atoms with Crippen LogP contribution in [-0.4, -0.2) is 68.8 Å². The molecule has 1 aromatic heterocycles. The van der Waals surface area contributed by atoms with Crippen LogP contribution in [0.2, 0.25) is 0 Å². The predicted octanol–water partition coefficient (Wildman–Crippen LogP) is 0.116. The van der Waals surface area contributed by atoms with Gasteiger partial charge in [-0.15, -0.1) is 0 Å². The van der Waals surface area contributed by atoms with Crippen LogP contribution >= 0.6 is 11.5 Å². The van der Waals surface area contributed by atoms with Gasteiger partial charge < -0.3 is 15.5 Å². The molecule has 2 heterocycles. The summed E-state index contributed by atoms with van der Waals surface area (Å²) in [6.45, 7) is 4.56. The van der Waals surface area contributed by atoms with Crippen molar-refractivity contribution < 1.29 is 8.42 Å². The Labute approximate surface area is 124 Å². The maximum Gasteiger partial charge on any atom is 0.249 e. The molecule has 0 amide bonds. The minimum atomic E-state index is -3.57. The third kappa shape index (κ3) is 2.62. The van der Waals surface area contributed by atoms with Crippen LogP contribution in [-0.2, 0) is 10.0 Å². The van der Waals surface area contributed by atoms with E-state index in [0.29, 0.717) is 11.0 Å². The zero-order valence-electron chi connectivity index (χ0n) is 12.2. The van der Waals surface area contributed by atoms with Crippen molar-refractivity contribution in [1.29, 1.82) is 0 Å². The van der Waals surface area contributed by atoms with E-state index in [4.69, 9.17) is 5.73 Å². The molecule has 2 rings (SSSR count). The minimum absolute atomic E-state index is 0.0882. The maximum atomic E-state index is 12.4. The first-order chi connectivity index (χ1) is 9.25. The van der Waals surface area contributed by atoms with E-state index in [-0.39, 0.29) is 10.7 Å². The van der Waals surface area contributed by atoms with Crippen molar-refractivity contribution in [2.45, 2.75) is 17.9 Å². The van der Waals surface area contributed by atoms with Gasteiger partial charge >= 0.3 is 0 Å². The molecule has 0 aromatic carbocycles. The summed E-state index contributed by atoms with van der Waals surface area (Å²) in [7, 11) is 1.50. The van der Waals surface area contributed by atoms with Crippen LogP contribution in [0.5, 0.6) is 0 Å². The van der Waals surface area contributed by atoms with Gasteiger partial charge in [-0.05, 0) is 25.5 Å². The highest BCUT2D eigenvalue weighted by Gasteiger charge is 2.32. The van der Waals surface area contributed by atoms with Gasteiger partial charge in [0.25, 0.3) is 0 Å². The van der Waals surface area contributed by atoms with E-state index in [1.807, 2.05) is 0 Å². The van der Waals surface area contributed by atoms with Gasteiger partial charge in [0.15, 0.2) is 10.7 Å². The number of hydrogen-bond acceptors (Lipinski definition) is 7. The van der Waals surface area contributed by atoms with Gasteiger partial charge in [0, 0.05) is 39.8 Å². The van der Waals surface area contributed by atoms with Crippen molar-refractivity contribution in [1.82, 2.24) is 13.6 Å². The lowest BCUT2D eigenvalue weighted by Gasteiger charge is -2.38. The van der Waals surface area contributed by atoms with E-state index < -0.39 is 10.0 Å². The number of nitrogens with two attached hydrogens (primary N) is 1. The maximum absolute atomic E-state index is 12.4. The summed E-state index contributed by atoms with van der Waals surface area (Å²) in [5.74, 6) is 0.0882. The Hall–Kier alpha value is -0.900. The molecule has 1 fully saturated rings. The highest BCUT2D eigenvalue weighted by Crippen LogP contribution is 2.36. The molecule has 0 radical (unpaired) electrons. The molecule has 1 unspecified atom stereocenters. The summed E-state index contributed by atoms with van der Waals surface area (Å²) in [4.78, 5) is 4.46. The van der Waals surface area contributed by atoms with Crippen LogP contribution < -0.4 is 10.6 Å². The third-order valence-electron chi connectivity index (χ3n) is 3.64. The molecule has 0 bridgehead atoms. The summed E-state index contributed by atoms with van der Waals surface area (Å²) < 4.78 is 30.0. The van der Waals surface area contributed by atoms with Crippen LogP contribution in [0.15, 0.2) is 4.90 Å². The average Bonchev–Trinajstić information content (AvgIpc) is 2.75. The highest BCUT2D eigenvalue weighted by atomic mass is 32.2. The fraction of sp³-hybridized carbons (Fsp3) is 0.727. The van der Waals surface area contributed by atoms with Gasteiger partial charge in [0.2, 0.25) is 10.0 Å². The fourth-order valence-electron chi connectivity index (χ4n) is 2.14. The van der Waals surface area contributed by atoms with Crippen molar-refractivity contribution in [2.24, 2.45) is 0 Å². The number of piperazine rings is 1. The number of nitrogen functional groups attached to an aromatic ring is 1. The van der Waals surface area contributed by atoms with Gasteiger partial charge in [-0.1, -0.05) is 0 Å². The highest BCUT2D eigenvalue weighted by molar-refractivity contribution is 7.89. The topological polar surface area (TPSA) is 82.8 Å². The summed E-state index contributed by atoms with van der Waals surface area (Å²) in [5.41, 5.74) is 5.79. The third-order valence-corrected chi connectivity index (χ3v) is 6.58. The van der Waals surface area contributed by atoms with Gasteiger partial charge in [0.1, 0.15) is 5.00 Å². The first-order valence-corrected chi connectivity index (χ1v) is 8.59. The van der Waals surface area contributed by atoms with Crippen LogP contribution in [0.3, 0.4) is 0 Å². The van der Waals surface area contributed by atoms with Crippen LogP contribution in [0, 0.1) is 0 Å². The molecule has 20 heavy (non-hydrogen) atoms. The first-order valence-electron chi connectivity index (χ1n) is 6.38. The molecule has 0 spiro atoms. The van der Waals surface area contributed by atoms with Crippen LogP contribution in [0.1, 0.15) is 6.92 Å². The second kappa shape index (κ2) is 5.47. The van der Waals surface area contributed by atoms with E-state index >= 15 is 0 Å². The monoisotopic (exact) mass is 319 g/mol. The van der Waals surface area contributed by atoms with E-state index in [1.54, 1.807) is 0 Å². The van der Waals surface area contributed by atoms with E-state index in [0.717, 1.165) is 31.2 Å². The molecule has 1 atom stereocenters. The van der Waals surface area contributed by atoms with Gasteiger partial charge in [-0.2, -0.15) is 4.37 Å². The number of anilines is 2. The Morgan fingerprint density at radius 2 is 2.05 bits per heavy atom. The Bertz CT molecular complexity index is 584. The molecular weight excluding hydrogens is 298 g/mol. The summed E-state index contributed by atoms with van der Waals surface area (Å²) in [6.07, 6.45) is 0. The molecule has 9 heteroatoms. The zero-order valence-corrected chi connectivity index (χ0v) is 13.8. The van der Waals surface area contributed by atoms with Gasteiger partial charge in [-0.25, -0.2) is 12.7 Å². The molecule has 1 saturated heterocycles. The molecule has 0 saturated carbocycles. The first kappa shape index (κ1) is 15.5. The Morgan fingerprint density at radius 3 is 2.60 bits per heavy atom. The molecule has 7 nitrogen and oxygen atoms in total. The smallest absolute Gasteiger partial charge is 0.249 e. The quantitative estimate of drug-likeness (QED) is 0.852. The molecule has 114 valence electrons. The number of hydrogen-bond donors (Lipinski definition) is 1. The number of aromatic nitrogens is 1. The fourth-order valence-corrected chi connectivity index (χ4v) is 4.40. The molecular formula is C11H21N5O2S2. The lowest BCUT2D eigenvalue weighted by molar-refractivity contribution is 0.234. The molecule has 1 aliphatic heterocycles. The van der Waals surface area contributed by atoms with E-state index in [2.05, 4.69) is 28.1 Å². The lowest BCUT2D eigenvalue weighted by atomic mass is 10.2. The van der Waals surface area contributed by atoms with Crippen molar-refractivity contribution in [3.8, 4) is 0 Å². The zero-order chi connectivity index (χ0) is 15.1. The number of likely N-dealkylation sites (N-methyl/N-ethyl adjacent to an activating group) is 1. The lowest BCUT2D eigenvalue weighted by Crippen LogP contribution is -2.50. The van der Waals surface area contributed by atoms with Crippen molar-refractivity contribution in [2.75, 3.05) is 51.4 Å². The molecule has 2 N–H and O–H groups in total. The number of nitrogens with zero attached hydrogens (tertiary/aromatic N) is 4. The Balaban J connectivity index is 2.40. The van der Waals surface area contributed by atoms with E-state index in [9.17, 15) is 8.42 Å². The molecule has 1 aliphatic rings. The van der Waals surface area contributed by atoms with Crippen molar-refractivity contribution >= 4 is 32.4 Å². The standard InChI is InChI=1S/C11H21N5O2S2/c1-8-7-16(6-5-15(8)4)11-9(10(12)13-19-11)20(17,18)14(2)3/h8H,5-7H2,1-4H3,(H2,12,13). The minimum Gasteiger partial charge on any atom is -0.382 e. The summed E-state index contributed by atoms with van der Waals surface area (Å²) in [5, 5.41) is 0.649.